The van der Waals surface area contributed by atoms with Crippen LogP contribution < -0.4 is 0 Å². The van der Waals surface area contributed by atoms with Crippen LogP contribution in [-0.2, 0) is 19.4 Å². The summed E-state index contributed by atoms with van der Waals surface area (Å²) in [5.41, 5.74) is 0. The Bertz CT molecular complexity index is 583. The highest BCUT2D eigenvalue weighted by molar-refractivity contribution is 7.09. The van der Waals surface area contributed by atoms with Crippen molar-refractivity contribution in [2.24, 2.45) is 0 Å². The van der Waals surface area contributed by atoms with Gasteiger partial charge >= 0.3 is 0 Å². The largest absolute Gasteiger partial charge is 0.339 e. The van der Waals surface area contributed by atoms with Crippen LogP contribution >= 0.6 is 11.3 Å². The Morgan fingerprint density at radius 2 is 2.39 bits per heavy atom. The summed E-state index contributed by atoms with van der Waals surface area (Å²) in [4.78, 5) is 10.9. The monoisotopic (exact) mass is 334 g/mol. The Kier molecular flexibility index (Phi) is 5.80. The zero-order valence-corrected chi connectivity index (χ0v) is 14.9. The molecule has 0 N–H and O–H groups in total. The molecule has 1 aliphatic heterocycles. The van der Waals surface area contributed by atoms with Crippen LogP contribution in [0.3, 0.4) is 0 Å². The van der Waals surface area contributed by atoms with Crippen molar-refractivity contribution in [1.29, 1.82) is 0 Å². The molecule has 23 heavy (non-hydrogen) atoms. The second kappa shape index (κ2) is 8.04. The lowest BCUT2D eigenvalue weighted by atomic mass is 10.0. The number of rotatable bonds is 7. The molecular formula is C17H26N4OS. The Balaban J connectivity index is 1.48. The first-order chi connectivity index (χ1) is 11.2. The molecule has 0 amide bonds. The second-order valence-electron chi connectivity index (χ2n) is 6.30. The van der Waals surface area contributed by atoms with Gasteiger partial charge < -0.3 is 9.42 Å². The Morgan fingerprint density at radius 1 is 1.48 bits per heavy atom. The van der Waals surface area contributed by atoms with E-state index in [0.29, 0.717) is 6.04 Å². The van der Waals surface area contributed by atoms with E-state index in [0.717, 1.165) is 50.7 Å². The molecule has 0 spiro atoms. The van der Waals surface area contributed by atoms with Crippen molar-refractivity contribution in [2.75, 3.05) is 26.7 Å². The van der Waals surface area contributed by atoms with Crippen LogP contribution in [0, 0.1) is 0 Å². The van der Waals surface area contributed by atoms with Crippen molar-refractivity contribution >= 4 is 11.3 Å². The first kappa shape index (κ1) is 16.6. The zero-order valence-electron chi connectivity index (χ0n) is 14.1. The van der Waals surface area contributed by atoms with Crippen molar-refractivity contribution in [3.8, 4) is 0 Å². The lowest BCUT2D eigenvalue weighted by Crippen LogP contribution is -2.46. The predicted octanol–water partition coefficient (Wildman–Crippen LogP) is 2.83. The van der Waals surface area contributed by atoms with Crippen molar-refractivity contribution in [2.45, 2.75) is 45.2 Å². The zero-order chi connectivity index (χ0) is 16.1. The van der Waals surface area contributed by atoms with Crippen LogP contribution in [0.15, 0.2) is 22.0 Å². The third kappa shape index (κ3) is 4.62. The second-order valence-corrected chi connectivity index (χ2v) is 7.33. The van der Waals surface area contributed by atoms with Gasteiger partial charge in [0.25, 0.3) is 0 Å². The minimum Gasteiger partial charge on any atom is -0.339 e. The van der Waals surface area contributed by atoms with E-state index in [1.54, 1.807) is 0 Å². The first-order valence-electron chi connectivity index (χ1n) is 8.51. The van der Waals surface area contributed by atoms with Gasteiger partial charge in [-0.1, -0.05) is 18.1 Å². The molecule has 0 saturated carbocycles. The Hall–Kier alpha value is -1.24. The first-order valence-corrected chi connectivity index (χ1v) is 9.39. The molecule has 6 heteroatoms. The summed E-state index contributed by atoms with van der Waals surface area (Å²) in [5, 5.41) is 6.24. The van der Waals surface area contributed by atoms with Gasteiger partial charge in [0.15, 0.2) is 5.82 Å². The normalized spacial score (nSPS) is 19.5. The van der Waals surface area contributed by atoms with E-state index >= 15 is 0 Å². The van der Waals surface area contributed by atoms with Crippen molar-refractivity contribution in [3.63, 3.8) is 0 Å². The lowest BCUT2D eigenvalue weighted by molar-refractivity contribution is 0.110. The highest BCUT2D eigenvalue weighted by Gasteiger charge is 2.24. The van der Waals surface area contributed by atoms with Crippen molar-refractivity contribution in [3.05, 3.63) is 34.1 Å². The molecule has 2 aromatic heterocycles. The van der Waals surface area contributed by atoms with Gasteiger partial charge in [-0.05, 0) is 44.3 Å². The van der Waals surface area contributed by atoms with Gasteiger partial charge in [0.1, 0.15) is 0 Å². The van der Waals surface area contributed by atoms with Crippen LogP contribution in [0.2, 0.25) is 0 Å². The number of aromatic nitrogens is 2. The number of hydrogen-bond acceptors (Lipinski definition) is 6. The number of piperidine rings is 1. The summed E-state index contributed by atoms with van der Waals surface area (Å²) in [6, 6.07) is 4.99. The molecule has 0 radical (unpaired) electrons. The van der Waals surface area contributed by atoms with E-state index in [-0.39, 0.29) is 0 Å². The maximum absolute atomic E-state index is 5.21. The molecule has 0 aliphatic carbocycles. The molecule has 0 aromatic carbocycles. The van der Waals surface area contributed by atoms with Gasteiger partial charge in [0.05, 0.1) is 6.54 Å². The van der Waals surface area contributed by atoms with E-state index in [2.05, 4.69) is 44.5 Å². The highest BCUT2D eigenvalue weighted by atomic mass is 32.1. The van der Waals surface area contributed by atoms with Crippen LogP contribution in [0.1, 0.15) is 36.4 Å². The highest BCUT2D eigenvalue weighted by Crippen LogP contribution is 2.18. The molecule has 0 bridgehead atoms. The van der Waals surface area contributed by atoms with Crippen molar-refractivity contribution < 1.29 is 4.52 Å². The summed E-state index contributed by atoms with van der Waals surface area (Å²) in [7, 11) is 2.26. The maximum Gasteiger partial charge on any atom is 0.226 e. The SMILES string of the molecule is CCc1nc(CN2CCC[C@H](N(C)CCc3cccs3)C2)no1. The quantitative estimate of drug-likeness (QED) is 0.779. The molecule has 3 heterocycles. The summed E-state index contributed by atoms with van der Waals surface area (Å²) in [6.07, 6.45) is 4.48. The summed E-state index contributed by atoms with van der Waals surface area (Å²) < 4.78 is 5.21. The number of aryl methyl sites for hydroxylation is 1. The molecule has 5 nitrogen and oxygen atoms in total. The topological polar surface area (TPSA) is 45.4 Å². The molecule has 2 aromatic rings. The molecule has 1 atom stereocenters. The smallest absolute Gasteiger partial charge is 0.226 e. The van der Waals surface area contributed by atoms with E-state index < -0.39 is 0 Å². The molecule has 3 rings (SSSR count). The van der Waals surface area contributed by atoms with Crippen LogP contribution in [0.25, 0.3) is 0 Å². The van der Waals surface area contributed by atoms with Gasteiger partial charge in [0.2, 0.25) is 5.89 Å². The van der Waals surface area contributed by atoms with Gasteiger partial charge in [-0.25, -0.2) is 0 Å². The minimum atomic E-state index is 0.626. The van der Waals surface area contributed by atoms with Gasteiger partial charge in [0, 0.05) is 30.4 Å². The number of likely N-dealkylation sites (N-methyl/N-ethyl adjacent to an activating group) is 1. The average molecular weight is 334 g/mol. The fourth-order valence-corrected chi connectivity index (χ4v) is 3.85. The van der Waals surface area contributed by atoms with Crippen LogP contribution in [-0.4, -0.2) is 52.7 Å². The fraction of sp³-hybridized carbons (Fsp3) is 0.647. The average Bonchev–Trinajstić information content (AvgIpc) is 3.24. The van der Waals surface area contributed by atoms with Gasteiger partial charge in [-0.2, -0.15) is 4.98 Å². The molecule has 126 valence electrons. The summed E-state index contributed by atoms with van der Waals surface area (Å²) in [6.45, 7) is 6.19. The standard InChI is InChI=1S/C17H26N4OS/c1-3-17-18-16(19-22-17)13-21-9-4-6-14(12-21)20(2)10-8-15-7-5-11-23-15/h5,7,11,14H,3-4,6,8-10,12-13H2,1-2H3/t14-/m0/s1. The molecule has 1 saturated heterocycles. The van der Waals surface area contributed by atoms with E-state index in [9.17, 15) is 0 Å². The summed E-state index contributed by atoms with van der Waals surface area (Å²) in [5.74, 6) is 1.56. The Labute approximate surface area is 142 Å². The van der Waals surface area contributed by atoms with Gasteiger partial charge in [-0.3, -0.25) is 4.90 Å². The predicted molar refractivity (Wildman–Crippen MR) is 92.6 cm³/mol. The van der Waals surface area contributed by atoms with Crippen molar-refractivity contribution in [1.82, 2.24) is 19.9 Å². The lowest BCUT2D eigenvalue weighted by Gasteiger charge is -2.37. The fourth-order valence-electron chi connectivity index (χ4n) is 3.16. The van der Waals surface area contributed by atoms with Gasteiger partial charge in [-0.15, -0.1) is 11.3 Å². The third-order valence-electron chi connectivity index (χ3n) is 4.57. The summed E-state index contributed by atoms with van der Waals surface area (Å²) >= 11 is 1.85. The molecule has 1 aliphatic rings. The molecule has 1 fully saturated rings. The number of nitrogens with zero attached hydrogens (tertiary/aromatic N) is 4. The molecule has 0 unspecified atom stereocenters. The number of likely N-dealkylation sites (tertiary alicyclic amines) is 1. The van der Waals surface area contributed by atoms with E-state index in [4.69, 9.17) is 4.52 Å². The van der Waals surface area contributed by atoms with Crippen LogP contribution in [0.4, 0.5) is 0 Å². The van der Waals surface area contributed by atoms with Crippen LogP contribution in [0.5, 0.6) is 0 Å². The minimum absolute atomic E-state index is 0.626. The van der Waals surface area contributed by atoms with E-state index in [1.807, 2.05) is 18.3 Å². The Morgan fingerprint density at radius 3 is 3.13 bits per heavy atom. The third-order valence-corrected chi connectivity index (χ3v) is 5.51. The molecular weight excluding hydrogens is 308 g/mol. The van der Waals surface area contributed by atoms with E-state index in [1.165, 1.54) is 17.7 Å². The number of hydrogen-bond donors (Lipinski definition) is 0. The number of thiophene rings is 1. The maximum atomic E-state index is 5.21.